The highest BCUT2D eigenvalue weighted by atomic mass is 16.2. The van der Waals surface area contributed by atoms with Gasteiger partial charge in [0.05, 0.1) is 5.41 Å². The molecule has 20 heavy (non-hydrogen) atoms. The van der Waals surface area contributed by atoms with Crippen LogP contribution in [0.1, 0.15) is 37.3 Å². The number of piperidine rings is 1. The molecule has 2 rings (SSSR count). The summed E-state index contributed by atoms with van der Waals surface area (Å²) in [5.41, 5.74) is 2.48. The van der Waals surface area contributed by atoms with Crippen LogP contribution < -0.4 is 10.6 Å². The van der Waals surface area contributed by atoms with Crippen molar-refractivity contribution in [1.82, 2.24) is 10.6 Å². The topological polar surface area (TPSA) is 41.1 Å². The van der Waals surface area contributed by atoms with E-state index in [9.17, 15) is 4.79 Å². The lowest BCUT2D eigenvalue weighted by molar-refractivity contribution is -0.132. The van der Waals surface area contributed by atoms with Crippen molar-refractivity contribution < 1.29 is 4.79 Å². The molecule has 1 fully saturated rings. The highest BCUT2D eigenvalue weighted by Crippen LogP contribution is 2.32. The van der Waals surface area contributed by atoms with Gasteiger partial charge in [0.25, 0.3) is 0 Å². The van der Waals surface area contributed by atoms with Crippen molar-refractivity contribution in [1.29, 1.82) is 0 Å². The van der Waals surface area contributed by atoms with E-state index in [-0.39, 0.29) is 11.3 Å². The van der Waals surface area contributed by atoms with Gasteiger partial charge >= 0.3 is 0 Å². The van der Waals surface area contributed by atoms with E-state index in [2.05, 4.69) is 48.7 Å². The quantitative estimate of drug-likeness (QED) is 0.866. The number of amides is 1. The number of hydrogen-bond acceptors (Lipinski definition) is 2. The van der Waals surface area contributed by atoms with Crippen LogP contribution in [-0.4, -0.2) is 25.5 Å². The van der Waals surface area contributed by atoms with Crippen LogP contribution in [0.4, 0.5) is 0 Å². The van der Waals surface area contributed by atoms with Gasteiger partial charge < -0.3 is 10.6 Å². The van der Waals surface area contributed by atoms with Crippen LogP contribution in [-0.2, 0) is 11.2 Å². The summed E-state index contributed by atoms with van der Waals surface area (Å²) in [5, 5.41) is 6.49. The Hall–Kier alpha value is -1.35. The third kappa shape index (κ3) is 3.40. The fraction of sp³-hybridized carbons (Fsp3) is 0.588. The minimum atomic E-state index is -0.142. The molecule has 0 aliphatic carbocycles. The van der Waals surface area contributed by atoms with Crippen molar-refractivity contribution >= 4 is 5.91 Å². The summed E-state index contributed by atoms with van der Waals surface area (Å²) in [5.74, 6) is 0.245. The second-order valence-corrected chi connectivity index (χ2v) is 5.82. The van der Waals surface area contributed by atoms with Crippen LogP contribution >= 0.6 is 0 Å². The van der Waals surface area contributed by atoms with Crippen molar-refractivity contribution in [2.45, 2.75) is 39.5 Å². The molecule has 1 saturated heterocycles. The number of nitrogens with one attached hydrogen (secondary N) is 2. The largest absolute Gasteiger partial charge is 0.355 e. The molecule has 1 heterocycles. The first-order chi connectivity index (χ1) is 9.68. The monoisotopic (exact) mass is 274 g/mol. The second kappa shape index (κ2) is 6.89. The minimum Gasteiger partial charge on any atom is -0.355 e. The number of carbonyl (C=O) groups is 1. The summed E-state index contributed by atoms with van der Waals surface area (Å²) in [6, 6.07) is 8.38. The lowest BCUT2D eigenvalue weighted by Crippen LogP contribution is -2.47. The molecule has 2 N–H and O–H groups in total. The van der Waals surface area contributed by atoms with E-state index in [0.717, 1.165) is 45.3 Å². The van der Waals surface area contributed by atoms with Gasteiger partial charge in [-0.2, -0.15) is 0 Å². The van der Waals surface area contributed by atoms with E-state index in [1.54, 1.807) is 0 Å². The van der Waals surface area contributed by atoms with Crippen molar-refractivity contribution in [3.63, 3.8) is 0 Å². The van der Waals surface area contributed by atoms with Gasteiger partial charge in [-0.15, -0.1) is 0 Å². The fourth-order valence-electron chi connectivity index (χ4n) is 3.04. The zero-order chi connectivity index (χ0) is 14.4. The molecular weight excluding hydrogens is 248 g/mol. The molecule has 1 aromatic rings. The summed E-state index contributed by atoms with van der Waals surface area (Å²) >= 11 is 0. The summed E-state index contributed by atoms with van der Waals surface area (Å²) in [6.45, 7) is 6.90. The van der Waals surface area contributed by atoms with Crippen molar-refractivity contribution in [3.8, 4) is 0 Å². The standard InChI is InChI=1S/C17H26N2O/c1-3-17(9-12-18-13-10-17)16(20)19-11-8-15-7-5-4-6-14(15)2/h4-7,18H,3,8-13H2,1-2H3,(H,19,20). The summed E-state index contributed by atoms with van der Waals surface area (Å²) in [4.78, 5) is 12.5. The zero-order valence-corrected chi connectivity index (χ0v) is 12.7. The van der Waals surface area contributed by atoms with E-state index >= 15 is 0 Å². The first-order valence-corrected chi connectivity index (χ1v) is 7.71. The molecule has 3 heteroatoms. The maximum atomic E-state index is 12.5. The molecule has 0 saturated carbocycles. The smallest absolute Gasteiger partial charge is 0.226 e. The number of benzene rings is 1. The number of rotatable bonds is 5. The molecule has 0 spiro atoms. The number of aryl methyl sites for hydroxylation is 1. The molecule has 110 valence electrons. The molecule has 1 amide bonds. The van der Waals surface area contributed by atoms with E-state index in [1.165, 1.54) is 11.1 Å². The van der Waals surface area contributed by atoms with E-state index in [4.69, 9.17) is 0 Å². The highest BCUT2D eigenvalue weighted by molar-refractivity contribution is 5.82. The van der Waals surface area contributed by atoms with Gasteiger partial charge in [-0.3, -0.25) is 4.79 Å². The van der Waals surface area contributed by atoms with Gasteiger partial charge in [0.1, 0.15) is 0 Å². The normalized spacial score (nSPS) is 17.7. The predicted octanol–water partition coefficient (Wildman–Crippen LogP) is 2.43. The molecule has 0 atom stereocenters. The third-order valence-electron chi connectivity index (χ3n) is 4.66. The number of hydrogen-bond donors (Lipinski definition) is 2. The lowest BCUT2D eigenvalue weighted by Gasteiger charge is -2.35. The Labute approximate surface area is 122 Å². The van der Waals surface area contributed by atoms with E-state index < -0.39 is 0 Å². The van der Waals surface area contributed by atoms with Gasteiger partial charge in [-0.25, -0.2) is 0 Å². The molecule has 0 unspecified atom stereocenters. The molecule has 0 radical (unpaired) electrons. The maximum Gasteiger partial charge on any atom is 0.226 e. The third-order valence-corrected chi connectivity index (χ3v) is 4.66. The molecule has 0 bridgehead atoms. The van der Waals surface area contributed by atoms with Crippen molar-refractivity contribution in [3.05, 3.63) is 35.4 Å². The Morgan fingerprint density at radius 2 is 2.00 bits per heavy atom. The van der Waals surface area contributed by atoms with Gasteiger partial charge in [0, 0.05) is 6.54 Å². The molecular formula is C17H26N2O. The Balaban J connectivity index is 1.87. The Bertz CT molecular complexity index is 450. The van der Waals surface area contributed by atoms with Crippen LogP contribution in [0.2, 0.25) is 0 Å². The zero-order valence-electron chi connectivity index (χ0n) is 12.7. The summed E-state index contributed by atoms with van der Waals surface area (Å²) in [7, 11) is 0. The Kier molecular flexibility index (Phi) is 5.18. The summed E-state index contributed by atoms with van der Waals surface area (Å²) in [6.07, 6.45) is 3.76. The minimum absolute atomic E-state index is 0.142. The van der Waals surface area contributed by atoms with Gasteiger partial charge in [-0.1, -0.05) is 31.2 Å². The van der Waals surface area contributed by atoms with Crippen LogP contribution in [0.25, 0.3) is 0 Å². The van der Waals surface area contributed by atoms with E-state index in [1.807, 2.05) is 0 Å². The van der Waals surface area contributed by atoms with Crippen LogP contribution in [0.5, 0.6) is 0 Å². The average molecular weight is 274 g/mol. The lowest BCUT2D eigenvalue weighted by atomic mass is 9.76. The predicted molar refractivity (Wildman–Crippen MR) is 82.7 cm³/mol. The first-order valence-electron chi connectivity index (χ1n) is 7.71. The van der Waals surface area contributed by atoms with Crippen molar-refractivity contribution in [2.75, 3.05) is 19.6 Å². The SMILES string of the molecule is CCC1(C(=O)NCCc2ccccc2C)CCNCC1. The molecule has 0 aromatic heterocycles. The maximum absolute atomic E-state index is 12.5. The number of carbonyl (C=O) groups excluding carboxylic acids is 1. The molecule has 1 aliphatic rings. The van der Waals surface area contributed by atoms with Crippen LogP contribution in [0, 0.1) is 12.3 Å². The van der Waals surface area contributed by atoms with Crippen LogP contribution in [0.3, 0.4) is 0 Å². The van der Waals surface area contributed by atoms with Crippen molar-refractivity contribution in [2.24, 2.45) is 5.41 Å². The summed E-state index contributed by atoms with van der Waals surface area (Å²) < 4.78 is 0. The van der Waals surface area contributed by atoms with Gasteiger partial charge in [0.15, 0.2) is 0 Å². The average Bonchev–Trinajstić information content (AvgIpc) is 2.49. The fourth-order valence-corrected chi connectivity index (χ4v) is 3.04. The highest BCUT2D eigenvalue weighted by Gasteiger charge is 2.37. The van der Waals surface area contributed by atoms with Gasteiger partial charge in [-0.05, 0) is 56.8 Å². The second-order valence-electron chi connectivity index (χ2n) is 5.82. The molecule has 3 nitrogen and oxygen atoms in total. The Morgan fingerprint density at radius 3 is 2.65 bits per heavy atom. The van der Waals surface area contributed by atoms with Crippen LogP contribution in [0.15, 0.2) is 24.3 Å². The van der Waals surface area contributed by atoms with Gasteiger partial charge in [0.2, 0.25) is 5.91 Å². The molecule has 1 aliphatic heterocycles. The van der Waals surface area contributed by atoms with E-state index in [0.29, 0.717) is 0 Å². The first kappa shape index (κ1) is 15.0. The Morgan fingerprint density at radius 1 is 1.30 bits per heavy atom. The molecule has 1 aromatic carbocycles.